The predicted octanol–water partition coefficient (Wildman–Crippen LogP) is 2.33. The van der Waals surface area contributed by atoms with Crippen LogP contribution in [0.25, 0.3) is 10.2 Å². The van der Waals surface area contributed by atoms with E-state index in [4.69, 9.17) is 0 Å². The Balaban J connectivity index is 1.90. The lowest BCUT2D eigenvalue weighted by molar-refractivity contribution is 0.155. The third-order valence-electron chi connectivity index (χ3n) is 3.07. The lowest BCUT2D eigenvalue weighted by atomic mass is 10.1. The molecule has 0 radical (unpaired) electrons. The predicted molar refractivity (Wildman–Crippen MR) is 75.2 cm³/mol. The van der Waals surface area contributed by atoms with Crippen molar-refractivity contribution in [1.29, 1.82) is 0 Å². The minimum absolute atomic E-state index is 0.0866. The summed E-state index contributed by atoms with van der Waals surface area (Å²) in [7, 11) is 0. The molecule has 6 heteroatoms. The van der Waals surface area contributed by atoms with Crippen molar-refractivity contribution in [2.24, 2.45) is 0 Å². The second-order valence-electron chi connectivity index (χ2n) is 4.41. The first-order valence-corrected chi connectivity index (χ1v) is 6.89. The van der Waals surface area contributed by atoms with Crippen LogP contribution in [0.4, 0.5) is 4.39 Å². The van der Waals surface area contributed by atoms with E-state index in [-0.39, 0.29) is 17.9 Å². The number of hydrogen-bond acceptors (Lipinski definition) is 4. The van der Waals surface area contributed by atoms with Gasteiger partial charge in [0.15, 0.2) is 0 Å². The van der Waals surface area contributed by atoms with Gasteiger partial charge in [-0.15, -0.1) is 11.3 Å². The summed E-state index contributed by atoms with van der Waals surface area (Å²) in [4.78, 5) is 17.0. The smallest absolute Gasteiger partial charge is 0.262 e. The highest BCUT2D eigenvalue weighted by molar-refractivity contribution is 7.16. The molecule has 0 aliphatic heterocycles. The van der Waals surface area contributed by atoms with E-state index in [2.05, 4.69) is 4.98 Å². The van der Waals surface area contributed by atoms with E-state index in [1.807, 2.05) is 0 Å². The summed E-state index contributed by atoms with van der Waals surface area (Å²) in [6, 6.07) is 7.28. The van der Waals surface area contributed by atoms with E-state index >= 15 is 0 Å². The molecular formula is C14H11FN2O2S. The van der Waals surface area contributed by atoms with Crippen molar-refractivity contribution in [2.75, 3.05) is 0 Å². The summed E-state index contributed by atoms with van der Waals surface area (Å²) in [6.45, 7) is 0.0866. The van der Waals surface area contributed by atoms with Crippen LogP contribution in [0.5, 0.6) is 0 Å². The van der Waals surface area contributed by atoms with Gasteiger partial charge in [0.1, 0.15) is 10.6 Å². The Kier molecular flexibility index (Phi) is 3.33. The molecule has 1 aromatic carbocycles. The van der Waals surface area contributed by atoms with Gasteiger partial charge in [0, 0.05) is 0 Å². The lowest BCUT2D eigenvalue weighted by Gasteiger charge is -2.12. The minimum atomic E-state index is -0.883. The molecule has 0 amide bonds. The zero-order valence-electron chi connectivity index (χ0n) is 10.4. The van der Waals surface area contributed by atoms with Crippen LogP contribution in [0.3, 0.4) is 0 Å². The van der Waals surface area contributed by atoms with Crippen molar-refractivity contribution in [3.05, 3.63) is 63.8 Å². The molecule has 2 heterocycles. The van der Waals surface area contributed by atoms with E-state index in [1.54, 1.807) is 11.4 Å². The van der Waals surface area contributed by atoms with Gasteiger partial charge in [0.05, 0.1) is 24.4 Å². The van der Waals surface area contributed by atoms with Gasteiger partial charge in [0.25, 0.3) is 5.56 Å². The second-order valence-corrected chi connectivity index (χ2v) is 5.30. The van der Waals surface area contributed by atoms with Crippen molar-refractivity contribution in [3.63, 3.8) is 0 Å². The first-order chi connectivity index (χ1) is 9.65. The quantitative estimate of drug-likeness (QED) is 0.805. The Morgan fingerprint density at radius 1 is 1.30 bits per heavy atom. The summed E-state index contributed by atoms with van der Waals surface area (Å²) in [5, 5.41) is 12.5. The lowest BCUT2D eigenvalue weighted by Crippen LogP contribution is -2.23. The molecule has 0 saturated carbocycles. The van der Waals surface area contributed by atoms with Crippen LogP contribution in [0, 0.1) is 5.82 Å². The van der Waals surface area contributed by atoms with Crippen LogP contribution >= 0.6 is 11.3 Å². The van der Waals surface area contributed by atoms with Gasteiger partial charge < -0.3 is 5.11 Å². The Morgan fingerprint density at radius 2 is 2.05 bits per heavy atom. The minimum Gasteiger partial charge on any atom is -0.387 e. The van der Waals surface area contributed by atoms with Crippen LogP contribution in [-0.4, -0.2) is 14.7 Å². The number of halogens is 1. The number of aliphatic hydroxyl groups is 1. The molecule has 1 atom stereocenters. The summed E-state index contributed by atoms with van der Waals surface area (Å²) >= 11 is 1.40. The molecule has 1 N–H and O–H groups in total. The summed E-state index contributed by atoms with van der Waals surface area (Å²) < 4.78 is 14.2. The molecule has 3 aromatic rings. The summed E-state index contributed by atoms with van der Waals surface area (Å²) in [6.07, 6.45) is 0.541. The van der Waals surface area contributed by atoms with Crippen LogP contribution < -0.4 is 5.56 Å². The maximum atomic E-state index is 12.8. The number of rotatable bonds is 3. The molecule has 0 bridgehead atoms. The number of thiophene rings is 1. The van der Waals surface area contributed by atoms with Crippen molar-refractivity contribution in [2.45, 2.75) is 12.6 Å². The van der Waals surface area contributed by atoms with Gasteiger partial charge in [-0.05, 0) is 29.1 Å². The fourth-order valence-corrected chi connectivity index (χ4v) is 2.72. The first kappa shape index (κ1) is 13.0. The van der Waals surface area contributed by atoms with Crippen molar-refractivity contribution in [1.82, 2.24) is 9.55 Å². The molecule has 20 heavy (non-hydrogen) atoms. The third-order valence-corrected chi connectivity index (χ3v) is 3.90. The van der Waals surface area contributed by atoms with Gasteiger partial charge in [-0.1, -0.05) is 12.1 Å². The number of nitrogens with zero attached hydrogens (tertiary/aromatic N) is 2. The standard InChI is InChI=1S/C14H11FN2O2S/c15-10-3-1-9(2-4-10)12(18)7-17-8-16-13-11(14(17)19)5-6-20-13/h1-6,8,12,18H,7H2. The molecule has 0 fully saturated rings. The zero-order chi connectivity index (χ0) is 14.1. The Bertz CT molecular complexity index is 795. The monoisotopic (exact) mass is 290 g/mol. The molecule has 0 aliphatic carbocycles. The van der Waals surface area contributed by atoms with Crippen molar-refractivity contribution >= 4 is 21.6 Å². The van der Waals surface area contributed by atoms with E-state index in [1.165, 1.54) is 46.5 Å². The average molecular weight is 290 g/mol. The highest BCUT2D eigenvalue weighted by atomic mass is 32.1. The molecule has 0 aliphatic rings. The van der Waals surface area contributed by atoms with Gasteiger partial charge in [-0.3, -0.25) is 9.36 Å². The van der Waals surface area contributed by atoms with Gasteiger partial charge >= 0.3 is 0 Å². The summed E-state index contributed by atoms with van der Waals surface area (Å²) in [5.41, 5.74) is 0.376. The fraction of sp³-hybridized carbons (Fsp3) is 0.143. The van der Waals surface area contributed by atoms with Crippen molar-refractivity contribution in [3.8, 4) is 0 Å². The van der Waals surface area contributed by atoms with Gasteiger partial charge in [0.2, 0.25) is 0 Å². The highest BCUT2D eigenvalue weighted by Crippen LogP contribution is 2.17. The Morgan fingerprint density at radius 3 is 2.80 bits per heavy atom. The molecule has 0 saturated heterocycles. The SMILES string of the molecule is O=c1c2ccsc2ncn1CC(O)c1ccc(F)cc1. The number of aliphatic hydroxyl groups excluding tert-OH is 1. The normalized spacial score (nSPS) is 12.7. The topological polar surface area (TPSA) is 55.1 Å². The maximum Gasteiger partial charge on any atom is 0.262 e. The van der Waals surface area contributed by atoms with Crippen LogP contribution in [0.1, 0.15) is 11.7 Å². The molecule has 4 nitrogen and oxygen atoms in total. The van der Waals surface area contributed by atoms with Crippen LogP contribution in [0.2, 0.25) is 0 Å². The average Bonchev–Trinajstić information content (AvgIpc) is 2.92. The Labute approximate surface area is 117 Å². The van der Waals surface area contributed by atoms with Crippen LogP contribution in [0.15, 0.2) is 46.8 Å². The highest BCUT2D eigenvalue weighted by Gasteiger charge is 2.11. The Hall–Kier alpha value is -2.05. The van der Waals surface area contributed by atoms with Crippen LogP contribution in [-0.2, 0) is 6.54 Å². The number of fused-ring (bicyclic) bond motifs is 1. The zero-order valence-corrected chi connectivity index (χ0v) is 11.2. The van der Waals surface area contributed by atoms with Crippen molar-refractivity contribution < 1.29 is 9.50 Å². The molecule has 0 spiro atoms. The number of hydrogen-bond donors (Lipinski definition) is 1. The fourth-order valence-electron chi connectivity index (χ4n) is 2.00. The van der Waals surface area contributed by atoms with E-state index in [0.717, 1.165) is 0 Å². The molecule has 3 rings (SSSR count). The number of benzene rings is 1. The molecule has 102 valence electrons. The molecular weight excluding hydrogens is 279 g/mol. The number of aromatic nitrogens is 2. The second kappa shape index (κ2) is 5.15. The van der Waals surface area contributed by atoms with Gasteiger partial charge in [-0.25, -0.2) is 9.37 Å². The molecule has 2 aromatic heterocycles. The van der Waals surface area contributed by atoms with E-state index in [0.29, 0.717) is 15.8 Å². The third kappa shape index (κ3) is 2.35. The first-order valence-electron chi connectivity index (χ1n) is 6.01. The van der Waals surface area contributed by atoms with E-state index < -0.39 is 6.10 Å². The maximum absolute atomic E-state index is 12.8. The summed E-state index contributed by atoms with van der Waals surface area (Å²) in [5.74, 6) is -0.362. The van der Waals surface area contributed by atoms with E-state index in [9.17, 15) is 14.3 Å². The molecule has 1 unspecified atom stereocenters. The largest absolute Gasteiger partial charge is 0.387 e. The van der Waals surface area contributed by atoms with Gasteiger partial charge in [-0.2, -0.15) is 0 Å².